The Morgan fingerprint density at radius 3 is 1.98 bits per heavy atom. The number of hydrogen-bond donors (Lipinski definition) is 1. The summed E-state index contributed by atoms with van der Waals surface area (Å²) in [5.41, 5.74) is 7.93. The van der Waals surface area contributed by atoms with Gasteiger partial charge in [-0.1, -0.05) is 121 Å². The number of aliphatic imine (C=N–C) groups is 2. The first-order valence-corrected chi connectivity index (χ1v) is 15.6. The summed E-state index contributed by atoms with van der Waals surface area (Å²) in [6.45, 7) is 0. The minimum atomic E-state index is -0.498. The van der Waals surface area contributed by atoms with Gasteiger partial charge < -0.3 is 5.32 Å². The molecule has 0 fully saturated rings. The highest BCUT2D eigenvalue weighted by Crippen LogP contribution is 2.47. The predicted molar refractivity (Wildman–Crippen MR) is 191 cm³/mol. The third-order valence-electron chi connectivity index (χ3n) is 9.44. The maximum absolute atomic E-state index is 5.23. The molecule has 0 saturated heterocycles. The van der Waals surface area contributed by atoms with Gasteiger partial charge in [0.25, 0.3) is 0 Å². The second kappa shape index (κ2) is 9.68. The molecule has 1 aliphatic heterocycles. The minimum absolute atomic E-state index is 0.498. The van der Waals surface area contributed by atoms with E-state index in [0.29, 0.717) is 0 Å². The van der Waals surface area contributed by atoms with Gasteiger partial charge in [0.2, 0.25) is 0 Å². The van der Waals surface area contributed by atoms with Gasteiger partial charge in [-0.15, -0.1) is 0 Å². The molecule has 0 radical (unpaired) electrons. The zero-order valence-electron chi connectivity index (χ0n) is 24.8. The molecule has 10 rings (SSSR count). The Morgan fingerprint density at radius 1 is 0.435 bits per heavy atom. The summed E-state index contributed by atoms with van der Waals surface area (Å²) in [6, 6.07) is 49.5. The van der Waals surface area contributed by atoms with E-state index in [-0.39, 0.29) is 0 Å². The molecule has 46 heavy (non-hydrogen) atoms. The number of benzene rings is 7. The van der Waals surface area contributed by atoms with Crippen LogP contribution in [0.25, 0.3) is 65.3 Å². The molecule has 0 amide bonds. The summed E-state index contributed by atoms with van der Waals surface area (Å²) in [5.74, 6) is 1.57. The molecule has 0 saturated carbocycles. The van der Waals surface area contributed by atoms with Gasteiger partial charge in [-0.25, -0.2) is 9.98 Å². The molecule has 1 unspecified atom stereocenters. The Labute approximate surface area is 265 Å². The van der Waals surface area contributed by atoms with E-state index < -0.39 is 6.17 Å². The van der Waals surface area contributed by atoms with Crippen molar-refractivity contribution in [2.24, 2.45) is 9.98 Å². The molecule has 214 valence electrons. The maximum atomic E-state index is 5.23. The number of nitrogens with one attached hydrogen (secondary N) is 1. The van der Waals surface area contributed by atoms with Gasteiger partial charge in [-0.3, -0.25) is 4.98 Å². The van der Waals surface area contributed by atoms with Crippen LogP contribution < -0.4 is 5.32 Å². The first-order valence-electron chi connectivity index (χ1n) is 15.6. The first kappa shape index (κ1) is 25.2. The van der Waals surface area contributed by atoms with Crippen molar-refractivity contribution in [1.82, 2.24) is 10.3 Å². The van der Waals surface area contributed by atoms with Gasteiger partial charge in [-0.05, 0) is 78.2 Å². The molecule has 2 heterocycles. The summed E-state index contributed by atoms with van der Waals surface area (Å²) in [5, 5.41) is 13.3. The minimum Gasteiger partial charge on any atom is -0.324 e. The fraction of sp³-hybridized carbons (Fsp3) is 0.0238. The Hall–Kier alpha value is -6.13. The molecule has 0 bridgehead atoms. The van der Waals surface area contributed by atoms with Gasteiger partial charge in [-0.2, -0.15) is 0 Å². The van der Waals surface area contributed by atoms with Crippen LogP contribution in [0.3, 0.4) is 0 Å². The number of rotatable bonds is 3. The lowest BCUT2D eigenvalue weighted by Crippen LogP contribution is -2.36. The molecular weight excluding hydrogens is 560 g/mol. The van der Waals surface area contributed by atoms with E-state index in [1.165, 1.54) is 54.6 Å². The number of amidine groups is 2. The predicted octanol–water partition coefficient (Wildman–Crippen LogP) is 9.84. The lowest BCUT2D eigenvalue weighted by Gasteiger charge is -2.22. The van der Waals surface area contributed by atoms with Crippen molar-refractivity contribution < 1.29 is 0 Å². The van der Waals surface area contributed by atoms with Crippen molar-refractivity contribution in [3.8, 4) is 22.3 Å². The average molecular weight is 587 g/mol. The number of fused-ring (bicyclic) bond motifs is 8. The molecule has 0 spiro atoms. The van der Waals surface area contributed by atoms with Crippen LogP contribution in [-0.2, 0) is 0 Å². The third-order valence-corrected chi connectivity index (χ3v) is 9.44. The molecule has 8 aromatic rings. The molecule has 4 heteroatoms. The first-order chi connectivity index (χ1) is 22.8. The van der Waals surface area contributed by atoms with Crippen molar-refractivity contribution in [3.05, 3.63) is 163 Å². The Balaban J connectivity index is 1.15. The average Bonchev–Trinajstić information content (AvgIpc) is 3.46. The van der Waals surface area contributed by atoms with E-state index in [2.05, 4.69) is 127 Å². The fourth-order valence-electron chi connectivity index (χ4n) is 7.31. The van der Waals surface area contributed by atoms with E-state index in [1.54, 1.807) is 0 Å². The summed E-state index contributed by atoms with van der Waals surface area (Å²) in [6.07, 6.45) is 1.51. The molecule has 4 nitrogen and oxygen atoms in total. The summed E-state index contributed by atoms with van der Waals surface area (Å²) in [7, 11) is 0. The van der Waals surface area contributed by atoms with E-state index in [4.69, 9.17) is 15.0 Å². The van der Waals surface area contributed by atoms with Crippen LogP contribution >= 0.6 is 0 Å². The highest BCUT2D eigenvalue weighted by molar-refractivity contribution is 6.22. The zero-order valence-corrected chi connectivity index (χ0v) is 24.8. The number of pyridine rings is 1. The van der Waals surface area contributed by atoms with Crippen LogP contribution in [0, 0.1) is 0 Å². The van der Waals surface area contributed by atoms with Gasteiger partial charge >= 0.3 is 0 Å². The monoisotopic (exact) mass is 586 g/mol. The van der Waals surface area contributed by atoms with Crippen molar-refractivity contribution in [2.75, 3.05) is 0 Å². The van der Waals surface area contributed by atoms with E-state index in [9.17, 15) is 0 Å². The second-order valence-corrected chi connectivity index (χ2v) is 12.1. The third kappa shape index (κ3) is 3.77. The molecule has 7 aromatic carbocycles. The van der Waals surface area contributed by atoms with Crippen molar-refractivity contribution >= 4 is 54.8 Å². The normalized spacial score (nSPS) is 15.2. The molecule has 1 N–H and O–H groups in total. The van der Waals surface area contributed by atoms with Gasteiger partial charge in [0, 0.05) is 22.7 Å². The van der Waals surface area contributed by atoms with Crippen molar-refractivity contribution in [1.29, 1.82) is 0 Å². The largest absolute Gasteiger partial charge is 0.324 e. The molecule has 2 aliphatic rings. The van der Waals surface area contributed by atoms with Crippen LogP contribution in [0.15, 0.2) is 156 Å². The van der Waals surface area contributed by atoms with Gasteiger partial charge in [0.05, 0.1) is 5.69 Å². The van der Waals surface area contributed by atoms with E-state index in [1.807, 2.05) is 24.4 Å². The lowest BCUT2D eigenvalue weighted by atomic mass is 9.97. The SMILES string of the molecule is c1ccc(C2=NC(c3cc4ccc5ccc6ccccc6c5c4cn3)N=C(c3cc4c5c(cccc5c3)-c3ccccc3-4)N2)cc1. The second-order valence-electron chi connectivity index (χ2n) is 12.1. The standard InChI is InChI=1S/C42H26N4/c1-2-10-27(11-3-1)40-44-41(30-21-29-12-8-16-34-32-14-6-7-15-33(32)35(22-30)39(29)34)46-42(45-40)37-23-28-20-19-26-18-17-25-9-4-5-13-31(25)38(26)36(28)24-43-37/h1-24,42H,(H,44,45,46). The molecule has 1 atom stereocenters. The van der Waals surface area contributed by atoms with Crippen LogP contribution in [0.4, 0.5) is 0 Å². The van der Waals surface area contributed by atoms with E-state index >= 15 is 0 Å². The van der Waals surface area contributed by atoms with Gasteiger partial charge in [0.15, 0.2) is 6.17 Å². The molecule has 1 aliphatic carbocycles. The lowest BCUT2D eigenvalue weighted by molar-refractivity contribution is 0.729. The fourth-order valence-corrected chi connectivity index (χ4v) is 7.31. The maximum Gasteiger partial charge on any atom is 0.186 e. The van der Waals surface area contributed by atoms with Crippen molar-refractivity contribution in [2.45, 2.75) is 6.17 Å². The summed E-state index contributed by atoms with van der Waals surface area (Å²) in [4.78, 5) is 15.4. The van der Waals surface area contributed by atoms with Crippen LogP contribution in [0.1, 0.15) is 23.0 Å². The number of nitrogens with zero attached hydrogens (tertiary/aromatic N) is 3. The van der Waals surface area contributed by atoms with Crippen LogP contribution in [-0.4, -0.2) is 16.7 Å². The smallest absolute Gasteiger partial charge is 0.186 e. The highest BCUT2D eigenvalue weighted by atomic mass is 15.2. The number of hydrogen-bond acceptors (Lipinski definition) is 4. The van der Waals surface area contributed by atoms with E-state index in [0.717, 1.165) is 39.3 Å². The zero-order chi connectivity index (χ0) is 30.2. The quantitative estimate of drug-likeness (QED) is 0.210. The Kier molecular flexibility index (Phi) is 5.31. The Morgan fingerprint density at radius 2 is 1.11 bits per heavy atom. The van der Waals surface area contributed by atoms with Gasteiger partial charge in [0.1, 0.15) is 11.7 Å². The summed E-state index contributed by atoms with van der Waals surface area (Å²) >= 11 is 0. The highest BCUT2D eigenvalue weighted by Gasteiger charge is 2.26. The van der Waals surface area contributed by atoms with Crippen LogP contribution in [0.5, 0.6) is 0 Å². The molecular formula is C42H26N4. The molecule has 1 aromatic heterocycles. The topological polar surface area (TPSA) is 49.6 Å². The number of aromatic nitrogens is 1. The van der Waals surface area contributed by atoms with Crippen LogP contribution in [0.2, 0.25) is 0 Å². The summed E-state index contributed by atoms with van der Waals surface area (Å²) < 4.78 is 0. The van der Waals surface area contributed by atoms with Crippen molar-refractivity contribution in [3.63, 3.8) is 0 Å². The Bertz CT molecular complexity index is 2620.